The molecule has 0 amide bonds. The highest BCUT2D eigenvalue weighted by Gasteiger charge is 2.68. The zero-order valence-corrected chi connectivity index (χ0v) is 21.0. The number of aromatic carboxylic acids is 1. The van der Waals surface area contributed by atoms with Crippen LogP contribution < -0.4 is 4.74 Å². The molecule has 35 heavy (non-hydrogen) atoms. The third kappa shape index (κ3) is 4.24. The van der Waals surface area contributed by atoms with Gasteiger partial charge in [0.25, 0.3) is 0 Å². The SMILES string of the molecule is C=CC(=N/C=C(\C)c1ccc(OCC)c(C23CC(C)CC4(CC4C2)C3)c1)c1ccc(C(=O)O)cc1. The highest BCUT2D eigenvalue weighted by atomic mass is 16.5. The fourth-order valence-electron chi connectivity index (χ4n) is 7.12. The molecule has 1 N–H and O–H groups in total. The van der Waals surface area contributed by atoms with Crippen LogP contribution in [-0.2, 0) is 5.41 Å². The number of carbonyl (C=O) groups is 1. The number of ether oxygens (including phenoxy) is 1. The maximum atomic E-state index is 11.1. The van der Waals surface area contributed by atoms with E-state index in [4.69, 9.17) is 14.8 Å². The van der Waals surface area contributed by atoms with E-state index in [9.17, 15) is 4.79 Å². The zero-order chi connectivity index (χ0) is 24.8. The Morgan fingerprint density at radius 1 is 1.11 bits per heavy atom. The molecule has 2 aromatic rings. The topological polar surface area (TPSA) is 58.9 Å². The molecule has 3 aliphatic carbocycles. The van der Waals surface area contributed by atoms with Gasteiger partial charge in [0.2, 0.25) is 0 Å². The minimum absolute atomic E-state index is 0.239. The smallest absolute Gasteiger partial charge is 0.335 e. The maximum absolute atomic E-state index is 11.1. The van der Waals surface area contributed by atoms with Crippen LogP contribution >= 0.6 is 0 Å². The Bertz CT molecular complexity index is 1220. The number of nitrogens with zero attached hydrogens (tertiary/aromatic N) is 1. The number of rotatable bonds is 8. The second-order valence-electron chi connectivity index (χ2n) is 11.0. The van der Waals surface area contributed by atoms with Crippen molar-refractivity contribution >= 4 is 17.3 Å². The van der Waals surface area contributed by atoms with Gasteiger partial charge >= 0.3 is 5.97 Å². The second kappa shape index (κ2) is 8.82. The molecule has 1 spiro atoms. The lowest BCUT2D eigenvalue weighted by molar-refractivity contribution is 0.0697. The number of aliphatic imine (C=N–C) groups is 1. The quantitative estimate of drug-likeness (QED) is 0.413. The first-order chi connectivity index (χ1) is 16.8. The van der Waals surface area contributed by atoms with Crippen molar-refractivity contribution in [1.29, 1.82) is 0 Å². The molecule has 3 fully saturated rings. The van der Waals surface area contributed by atoms with E-state index in [2.05, 4.69) is 45.5 Å². The summed E-state index contributed by atoms with van der Waals surface area (Å²) in [6, 6.07) is 13.4. The minimum atomic E-state index is -0.937. The van der Waals surface area contributed by atoms with Crippen molar-refractivity contribution in [3.63, 3.8) is 0 Å². The summed E-state index contributed by atoms with van der Waals surface area (Å²) in [5.41, 5.74) is 6.28. The molecule has 3 aliphatic rings. The van der Waals surface area contributed by atoms with Gasteiger partial charge < -0.3 is 9.84 Å². The van der Waals surface area contributed by atoms with Gasteiger partial charge in [-0.3, -0.25) is 4.99 Å². The summed E-state index contributed by atoms with van der Waals surface area (Å²) in [5, 5.41) is 9.14. The second-order valence-corrected chi connectivity index (χ2v) is 11.0. The molecule has 182 valence electrons. The van der Waals surface area contributed by atoms with Crippen molar-refractivity contribution in [1.82, 2.24) is 0 Å². The van der Waals surface area contributed by atoms with Gasteiger partial charge in [0.1, 0.15) is 5.75 Å². The van der Waals surface area contributed by atoms with Crippen molar-refractivity contribution in [2.45, 2.75) is 58.3 Å². The van der Waals surface area contributed by atoms with Gasteiger partial charge in [0.05, 0.1) is 17.9 Å². The van der Waals surface area contributed by atoms with E-state index in [1.54, 1.807) is 30.3 Å². The first kappa shape index (κ1) is 23.6. The lowest BCUT2D eigenvalue weighted by Crippen LogP contribution is -2.33. The Hall–Kier alpha value is -3.14. The third-order valence-corrected chi connectivity index (χ3v) is 8.50. The Morgan fingerprint density at radius 3 is 2.51 bits per heavy atom. The van der Waals surface area contributed by atoms with Gasteiger partial charge in [-0.25, -0.2) is 4.79 Å². The average Bonchev–Trinajstić information content (AvgIpc) is 3.40. The van der Waals surface area contributed by atoms with E-state index < -0.39 is 5.97 Å². The first-order valence-corrected chi connectivity index (χ1v) is 12.8. The largest absolute Gasteiger partial charge is 0.494 e. The normalized spacial score (nSPS) is 29.5. The summed E-state index contributed by atoms with van der Waals surface area (Å²) in [5.74, 6) is 1.77. The van der Waals surface area contributed by atoms with Gasteiger partial charge in [-0.1, -0.05) is 31.7 Å². The van der Waals surface area contributed by atoms with E-state index in [1.807, 2.05) is 6.20 Å². The monoisotopic (exact) mass is 469 g/mol. The van der Waals surface area contributed by atoms with Crippen molar-refractivity contribution in [2.24, 2.45) is 22.2 Å². The highest BCUT2D eigenvalue weighted by Crippen LogP contribution is 2.76. The van der Waals surface area contributed by atoms with Crippen LogP contribution in [0.4, 0.5) is 0 Å². The average molecular weight is 470 g/mol. The van der Waals surface area contributed by atoms with Crippen LogP contribution in [0.25, 0.3) is 5.57 Å². The summed E-state index contributed by atoms with van der Waals surface area (Å²) in [6.45, 7) is 11.2. The van der Waals surface area contributed by atoms with Crippen LogP contribution in [0.5, 0.6) is 5.75 Å². The molecule has 4 atom stereocenters. The summed E-state index contributed by atoms with van der Waals surface area (Å²) in [6.07, 6.45) is 10.3. The van der Waals surface area contributed by atoms with Crippen molar-refractivity contribution in [3.8, 4) is 5.75 Å². The maximum Gasteiger partial charge on any atom is 0.335 e. The van der Waals surface area contributed by atoms with Crippen LogP contribution in [0.1, 0.15) is 79.9 Å². The summed E-state index contributed by atoms with van der Waals surface area (Å²) >= 11 is 0. The standard InChI is InChI=1S/C31H35NO3/c1-5-27(22-7-9-23(10-8-22)29(33)34)32-18-21(4)24-11-12-28(35-6-2)26(13-24)31-15-20(3)14-30(19-31)16-25(30)17-31/h5,7-13,18,20,25H,1,6,14-17,19H2,2-4H3,(H,33,34)/b21-18+,32-27?. The predicted octanol–water partition coefficient (Wildman–Crippen LogP) is 7.29. The molecule has 0 saturated heterocycles. The molecule has 0 aromatic heterocycles. The highest BCUT2D eigenvalue weighted by molar-refractivity contribution is 6.09. The fraction of sp³-hybridized carbons (Fsp3) is 0.419. The van der Waals surface area contributed by atoms with E-state index in [1.165, 1.54) is 43.2 Å². The molecule has 2 bridgehead atoms. The number of carboxylic acids is 1. The fourth-order valence-corrected chi connectivity index (χ4v) is 7.12. The van der Waals surface area contributed by atoms with E-state index in [-0.39, 0.29) is 11.0 Å². The van der Waals surface area contributed by atoms with Gasteiger partial charge in [-0.2, -0.15) is 0 Å². The lowest BCUT2D eigenvalue weighted by atomic mass is 9.63. The van der Waals surface area contributed by atoms with Gasteiger partial charge in [0.15, 0.2) is 0 Å². The van der Waals surface area contributed by atoms with Gasteiger partial charge in [-0.05, 0) is 105 Å². The van der Waals surface area contributed by atoms with Crippen molar-refractivity contribution in [3.05, 3.63) is 83.6 Å². The van der Waals surface area contributed by atoms with Crippen LogP contribution in [0, 0.1) is 17.3 Å². The number of hydrogen-bond acceptors (Lipinski definition) is 3. The molecule has 0 heterocycles. The van der Waals surface area contributed by atoms with Crippen LogP contribution in [-0.4, -0.2) is 23.4 Å². The number of fused-ring (bicyclic) bond motifs is 1. The van der Waals surface area contributed by atoms with Crippen molar-refractivity contribution in [2.75, 3.05) is 6.61 Å². The zero-order valence-electron chi connectivity index (χ0n) is 21.0. The Labute approximate surface area is 208 Å². The number of carboxylic acid groups (broad SMARTS) is 1. The molecule has 0 aliphatic heterocycles. The number of benzene rings is 2. The molecule has 4 unspecified atom stereocenters. The minimum Gasteiger partial charge on any atom is -0.494 e. The van der Waals surface area contributed by atoms with E-state index in [0.29, 0.717) is 17.7 Å². The summed E-state index contributed by atoms with van der Waals surface area (Å²) < 4.78 is 6.15. The number of hydrogen-bond donors (Lipinski definition) is 1. The lowest BCUT2D eigenvalue weighted by Gasteiger charge is -2.41. The molecule has 3 saturated carbocycles. The molecule has 4 heteroatoms. The third-order valence-electron chi connectivity index (χ3n) is 8.50. The van der Waals surface area contributed by atoms with Gasteiger partial charge in [-0.15, -0.1) is 0 Å². The molecule has 2 aromatic carbocycles. The summed E-state index contributed by atoms with van der Waals surface area (Å²) in [4.78, 5) is 15.8. The Kier molecular flexibility index (Phi) is 5.94. The molecule has 4 nitrogen and oxygen atoms in total. The van der Waals surface area contributed by atoms with Crippen molar-refractivity contribution < 1.29 is 14.6 Å². The van der Waals surface area contributed by atoms with E-state index >= 15 is 0 Å². The first-order valence-electron chi connectivity index (χ1n) is 12.8. The van der Waals surface area contributed by atoms with E-state index in [0.717, 1.165) is 28.7 Å². The molecular weight excluding hydrogens is 434 g/mol. The molecular formula is C31H35NO3. The van der Waals surface area contributed by atoms with Gasteiger partial charge in [0, 0.05) is 22.7 Å². The predicted molar refractivity (Wildman–Crippen MR) is 141 cm³/mol. The molecule has 5 rings (SSSR count). The van der Waals surface area contributed by atoms with Crippen LogP contribution in [0.3, 0.4) is 0 Å². The van der Waals surface area contributed by atoms with Crippen LogP contribution in [0.15, 0.2) is 66.3 Å². The van der Waals surface area contributed by atoms with Crippen LogP contribution in [0.2, 0.25) is 0 Å². The Morgan fingerprint density at radius 2 is 1.83 bits per heavy atom. The summed E-state index contributed by atoms with van der Waals surface area (Å²) in [7, 11) is 0. The number of allylic oxidation sites excluding steroid dienone is 2. The Balaban J connectivity index is 1.47. The molecule has 0 radical (unpaired) electrons.